The van der Waals surface area contributed by atoms with E-state index in [1.807, 2.05) is 6.92 Å². The molecule has 0 radical (unpaired) electrons. The number of rotatable bonds is 2. The molecule has 1 heterocycles. The zero-order chi connectivity index (χ0) is 11.5. The number of pyridine rings is 1. The Morgan fingerprint density at radius 2 is 1.81 bits per heavy atom. The molecule has 0 amide bonds. The third-order valence-electron chi connectivity index (χ3n) is 2.24. The van der Waals surface area contributed by atoms with Crippen molar-refractivity contribution in [2.75, 3.05) is 11.1 Å². The number of nitrogens with one attached hydrogen (secondary N) is 1. The van der Waals surface area contributed by atoms with Crippen molar-refractivity contribution in [3.63, 3.8) is 0 Å². The van der Waals surface area contributed by atoms with Crippen LogP contribution in [0.15, 0.2) is 36.4 Å². The summed E-state index contributed by atoms with van der Waals surface area (Å²) >= 11 is 0. The first-order chi connectivity index (χ1) is 7.65. The minimum absolute atomic E-state index is 0.257. The van der Waals surface area contributed by atoms with Crippen LogP contribution in [0, 0.1) is 12.7 Å². The first-order valence-electron chi connectivity index (χ1n) is 4.91. The molecule has 3 N–H and O–H groups in total. The summed E-state index contributed by atoms with van der Waals surface area (Å²) in [6, 6.07) is 9.67. The van der Waals surface area contributed by atoms with Crippen LogP contribution in [0.3, 0.4) is 0 Å². The van der Waals surface area contributed by atoms with Crippen molar-refractivity contribution in [1.82, 2.24) is 4.98 Å². The summed E-state index contributed by atoms with van der Waals surface area (Å²) in [5.41, 5.74) is 7.88. The lowest BCUT2D eigenvalue weighted by atomic mass is 10.3. The molecule has 0 atom stereocenters. The van der Waals surface area contributed by atoms with Gasteiger partial charge in [-0.15, -0.1) is 0 Å². The molecule has 0 aliphatic heterocycles. The molecule has 16 heavy (non-hydrogen) atoms. The summed E-state index contributed by atoms with van der Waals surface area (Å²) in [7, 11) is 0. The molecule has 0 bridgehead atoms. The van der Waals surface area contributed by atoms with Gasteiger partial charge in [0, 0.05) is 5.69 Å². The Morgan fingerprint density at radius 3 is 2.44 bits per heavy atom. The van der Waals surface area contributed by atoms with Crippen molar-refractivity contribution < 1.29 is 4.39 Å². The average molecular weight is 217 g/mol. The minimum atomic E-state index is -0.257. The monoisotopic (exact) mass is 217 g/mol. The number of anilines is 3. The highest BCUT2D eigenvalue weighted by Crippen LogP contribution is 2.17. The van der Waals surface area contributed by atoms with Gasteiger partial charge in [0.15, 0.2) is 0 Å². The number of benzene rings is 1. The lowest BCUT2D eigenvalue weighted by molar-refractivity contribution is 0.628. The number of hydrogen-bond acceptors (Lipinski definition) is 3. The molecule has 0 saturated carbocycles. The van der Waals surface area contributed by atoms with Crippen LogP contribution in [0.4, 0.5) is 21.6 Å². The van der Waals surface area contributed by atoms with Crippen molar-refractivity contribution in [2.45, 2.75) is 6.92 Å². The molecule has 0 spiro atoms. The van der Waals surface area contributed by atoms with Gasteiger partial charge in [-0.2, -0.15) is 0 Å². The fourth-order valence-corrected chi connectivity index (χ4v) is 1.32. The van der Waals surface area contributed by atoms with E-state index < -0.39 is 0 Å². The van der Waals surface area contributed by atoms with Crippen molar-refractivity contribution in [2.24, 2.45) is 0 Å². The Morgan fingerprint density at radius 1 is 1.12 bits per heavy atom. The first kappa shape index (κ1) is 10.4. The van der Waals surface area contributed by atoms with E-state index in [0.717, 1.165) is 11.4 Å². The Labute approximate surface area is 93.1 Å². The van der Waals surface area contributed by atoms with E-state index in [4.69, 9.17) is 5.73 Å². The van der Waals surface area contributed by atoms with Gasteiger partial charge < -0.3 is 11.1 Å². The van der Waals surface area contributed by atoms with Crippen LogP contribution < -0.4 is 11.1 Å². The molecule has 2 rings (SSSR count). The molecule has 4 heteroatoms. The van der Waals surface area contributed by atoms with Crippen LogP contribution in [-0.4, -0.2) is 4.98 Å². The van der Waals surface area contributed by atoms with Crippen LogP contribution in [0.1, 0.15) is 5.69 Å². The first-order valence-corrected chi connectivity index (χ1v) is 4.91. The van der Waals surface area contributed by atoms with Gasteiger partial charge in [-0.25, -0.2) is 9.37 Å². The Kier molecular flexibility index (Phi) is 2.72. The summed E-state index contributed by atoms with van der Waals surface area (Å²) in [5, 5.41) is 3.07. The van der Waals surface area contributed by atoms with E-state index in [0.29, 0.717) is 11.5 Å². The molecule has 2 aromatic rings. The van der Waals surface area contributed by atoms with E-state index in [1.165, 1.54) is 12.1 Å². The van der Waals surface area contributed by atoms with Crippen molar-refractivity contribution in [3.05, 3.63) is 47.9 Å². The highest BCUT2D eigenvalue weighted by Gasteiger charge is 1.99. The number of nitrogen functional groups attached to an aromatic ring is 1. The van der Waals surface area contributed by atoms with E-state index in [2.05, 4.69) is 10.3 Å². The molecule has 0 aliphatic rings. The van der Waals surface area contributed by atoms with Gasteiger partial charge in [-0.3, -0.25) is 0 Å². The molecular formula is C12H12FN3. The second-order valence-corrected chi connectivity index (χ2v) is 3.50. The van der Waals surface area contributed by atoms with Crippen LogP contribution in [0.25, 0.3) is 0 Å². The van der Waals surface area contributed by atoms with Crippen LogP contribution in [0.2, 0.25) is 0 Å². The summed E-state index contributed by atoms with van der Waals surface area (Å²) in [6.07, 6.45) is 0. The Hall–Kier alpha value is -2.10. The zero-order valence-electron chi connectivity index (χ0n) is 8.87. The maximum absolute atomic E-state index is 12.7. The summed E-state index contributed by atoms with van der Waals surface area (Å²) in [5.74, 6) is 0.435. The Bertz CT molecular complexity index is 494. The summed E-state index contributed by atoms with van der Waals surface area (Å²) < 4.78 is 12.7. The van der Waals surface area contributed by atoms with Gasteiger partial charge in [0.25, 0.3) is 0 Å². The highest BCUT2D eigenvalue weighted by molar-refractivity contribution is 5.58. The Balaban J connectivity index is 2.20. The molecule has 0 aliphatic carbocycles. The third kappa shape index (κ3) is 2.28. The molecular weight excluding hydrogens is 205 g/mol. The number of nitrogens with two attached hydrogens (primary N) is 1. The molecule has 3 nitrogen and oxygen atoms in total. The average Bonchev–Trinajstić information content (AvgIpc) is 2.27. The molecule has 0 fully saturated rings. The molecule has 0 saturated heterocycles. The smallest absolute Gasteiger partial charge is 0.130 e. The molecule has 1 aromatic carbocycles. The number of hydrogen-bond donors (Lipinski definition) is 2. The lowest BCUT2D eigenvalue weighted by Crippen LogP contribution is -1.98. The largest absolute Gasteiger partial charge is 0.397 e. The second-order valence-electron chi connectivity index (χ2n) is 3.50. The number of halogens is 1. The van der Waals surface area contributed by atoms with E-state index >= 15 is 0 Å². The van der Waals surface area contributed by atoms with Gasteiger partial charge in [0.05, 0.1) is 11.4 Å². The van der Waals surface area contributed by atoms with Gasteiger partial charge in [0.1, 0.15) is 11.6 Å². The van der Waals surface area contributed by atoms with Crippen LogP contribution in [0.5, 0.6) is 0 Å². The maximum atomic E-state index is 12.7. The number of aryl methyl sites for hydroxylation is 1. The molecule has 82 valence electrons. The predicted octanol–water partition coefficient (Wildman–Crippen LogP) is 2.85. The quantitative estimate of drug-likeness (QED) is 0.813. The minimum Gasteiger partial charge on any atom is -0.397 e. The SMILES string of the molecule is Cc1nc(Nc2ccc(F)cc2)ccc1N. The van der Waals surface area contributed by atoms with Gasteiger partial charge in [-0.05, 0) is 43.3 Å². The van der Waals surface area contributed by atoms with E-state index in [-0.39, 0.29) is 5.82 Å². The lowest BCUT2D eigenvalue weighted by Gasteiger charge is -2.07. The predicted molar refractivity (Wildman–Crippen MR) is 63.1 cm³/mol. The van der Waals surface area contributed by atoms with E-state index in [9.17, 15) is 4.39 Å². The van der Waals surface area contributed by atoms with Crippen molar-refractivity contribution in [3.8, 4) is 0 Å². The fraction of sp³-hybridized carbons (Fsp3) is 0.0833. The third-order valence-corrected chi connectivity index (χ3v) is 2.24. The summed E-state index contributed by atoms with van der Waals surface area (Å²) in [4.78, 5) is 4.26. The van der Waals surface area contributed by atoms with Crippen molar-refractivity contribution in [1.29, 1.82) is 0 Å². The van der Waals surface area contributed by atoms with Gasteiger partial charge >= 0.3 is 0 Å². The normalized spacial score (nSPS) is 10.1. The molecule has 0 unspecified atom stereocenters. The fourth-order valence-electron chi connectivity index (χ4n) is 1.32. The number of aromatic nitrogens is 1. The highest BCUT2D eigenvalue weighted by atomic mass is 19.1. The van der Waals surface area contributed by atoms with Gasteiger partial charge in [-0.1, -0.05) is 0 Å². The van der Waals surface area contributed by atoms with E-state index in [1.54, 1.807) is 24.3 Å². The van der Waals surface area contributed by atoms with Crippen LogP contribution >= 0.6 is 0 Å². The van der Waals surface area contributed by atoms with Gasteiger partial charge in [0.2, 0.25) is 0 Å². The number of nitrogens with zero attached hydrogens (tertiary/aromatic N) is 1. The second kappa shape index (κ2) is 4.18. The maximum Gasteiger partial charge on any atom is 0.130 e. The zero-order valence-corrected chi connectivity index (χ0v) is 8.87. The topological polar surface area (TPSA) is 50.9 Å². The standard InChI is InChI=1S/C12H12FN3/c1-8-11(14)6-7-12(15-8)16-10-4-2-9(13)3-5-10/h2-7H,14H2,1H3,(H,15,16). The van der Waals surface area contributed by atoms with Crippen molar-refractivity contribution >= 4 is 17.2 Å². The van der Waals surface area contributed by atoms with Crippen LogP contribution in [-0.2, 0) is 0 Å². The molecule has 1 aromatic heterocycles. The summed E-state index contributed by atoms with van der Waals surface area (Å²) in [6.45, 7) is 1.84.